The Hall–Kier alpha value is -4.35. The predicted octanol–water partition coefficient (Wildman–Crippen LogP) is 3.24. The highest BCUT2D eigenvalue weighted by Crippen LogP contribution is 2.20. The van der Waals surface area contributed by atoms with Crippen molar-refractivity contribution in [2.75, 3.05) is 42.7 Å². The maximum Gasteiger partial charge on any atom is 0.414 e. The van der Waals surface area contributed by atoms with Gasteiger partial charge in [0.2, 0.25) is 17.8 Å². The lowest BCUT2D eigenvalue weighted by Gasteiger charge is -2.27. The maximum absolute atomic E-state index is 12.1. The van der Waals surface area contributed by atoms with Gasteiger partial charge in [-0.3, -0.25) is 0 Å². The van der Waals surface area contributed by atoms with E-state index in [2.05, 4.69) is 30.5 Å². The zero-order chi connectivity index (χ0) is 26.2. The van der Waals surface area contributed by atoms with Crippen molar-refractivity contribution in [3.05, 3.63) is 54.0 Å². The van der Waals surface area contributed by atoms with Crippen molar-refractivity contribution in [3.63, 3.8) is 0 Å². The zero-order valence-electron chi connectivity index (χ0n) is 20.9. The van der Waals surface area contributed by atoms with Crippen molar-refractivity contribution in [1.29, 1.82) is 0 Å². The number of hydrogen-bond acceptors (Lipinski definition) is 10. The molecular formula is C25H31N7O5. The average Bonchev–Trinajstić information content (AvgIpc) is 3.42. The summed E-state index contributed by atoms with van der Waals surface area (Å²) in [6.07, 6.45) is 4.50. The highest BCUT2D eigenvalue weighted by atomic mass is 16.6. The van der Waals surface area contributed by atoms with Crippen LogP contribution in [0, 0.1) is 0 Å². The molecule has 1 saturated heterocycles. The largest absolute Gasteiger partial charge is 0.480 e. The van der Waals surface area contributed by atoms with Gasteiger partial charge in [0.1, 0.15) is 17.6 Å². The highest BCUT2D eigenvalue weighted by Gasteiger charge is 2.22. The second kappa shape index (κ2) is 12.1. The van der Waals surface area contributed by atoms with E-state index in [4.69, 9.17) is 9.15 Å². The van der Waals surface area contributed by atoms with E-state index in [0.29, 0.717) is 24.2 Å². The number of aromatic nitrogens is 3. The molecule has 1 aliphatic rings. The second-order valence-corrected chi connectivity index (χ2v) is 8.91. The second-order valence-electron chi connectivity index (χ2n) is 8.91. The molecule has 196 valence electrons. The van der Waals surface area contributed by atoms with Crippen LogP contribution in [0.2, 0.25) is 0 Å². The smallest absolute Gasteiger partial charge is 0.414 e. The van der Waals surface area contributed by atoms with Gasteiger partial charge in [-0.1, -0.05) is 12.1 Å². The Bertz CT molecular complexity index is 1180. The van der Waals surface area contributed by atoms with Crippen molar-refractivity contribution in [3.8, 4) is 5.75 Å². The number of benzene rings is 1. The number of anilines is 3. The van der Waals surface area contributed by atoms with E-state index in [1.54, 1.807) is 50.7 Å². The number of carbonyl (C=O) groups excluding carboxylic acids is 1. The number of carbonyl (C=O) groups is 2. The molecule has 12 heteroatoms. The van der Waals surface area contributed by atoms with Gasteiger partial charge in [-0.25, -0.2) is 9.59 Å². The van der Waals surface area contributed by atoms with Gasteiger partial charge in [0.25, 0.3) is 0 Å². The van der Waals surface area contributed by atoms with Gasteiger partial charge in [-0.2, -0.15) is 15.0 Å². The van der Waals surface area contributed by atoms with E-state index < -0.39 is 18.1 Å². The number of piperidine rings is 1. The van der Waals surface area contributed by atoms with Gasteiger partial charge in [-0.15, -0.1) is 0 Å². The van der Waals surface area contributed by atoms with Gasteiger partial charge in [0.05, 0.1) is 12.8 Å². The summed E-state index contributed by atoms with van der Waals surface area (Å²) in [5, 5.41) is 16.0. The molecule has 0 saturated carbocycles. The van der Waals surface area contributed by atoms with Crippen LogP contribution in [-0.4, -0.2) is 70.2 Å². The Kier molecular flexibility index (Phi) is 8.39. The first-order chi connectivity index (χ1) is 17.9. The number of rotatable bonds is 10. The fourth-order valence-corrected chi connectivity index (χ4v) is 3.80. The summed E-state index contributed by atoms with van der Waals surface area (Å²) < 4.78 is 10.6. The van der Waals surface area contributed by atoms with E-state index in [9.17, 15) is 14.7 Å². The molecule has 1 aromatic carbocycles. The van der Waals surface area contributed by atoms with Crippen LogP contribution in [0.1, 0.15) is 30.6 Å². The SMILES string of the molecule is CN(C)C(=O)Oc1ccc(C[C@H](Nc2nc(NCc3ccco3)nc(N3CCCCC3)n2)C(=O)O)cc1. The standard InChI is InChI=1S/C25H31N7O5/c1-31(2)25(35)37-18-10-8-17(9-11-18)15-20(21(33)34)27-23-28-22(26-16-19-7-6-14-36-19)29-24(30-23)32-12-4-3-5-13-32/h6-11,14,20H,3-5,12-13,15-16H2,1-2H3,(H,33,34)(H2,26,27,28,29,30)/t20-/m0/s1. The van der Waals surface area contributed by atoms with Gasteiger partial charge in [-0.05, 0) is 49.1 Å². The van der Waals surface area contributed by atoms with E-state index in [0.717, 1.165) is 43.7 Å². The Labute approximate surface area is 214 Å². The van der Waals surface area contributed by atoms with Crippen LogP contribution in [-0.2, 0) is 17.8 Å². The average molecular weight is 510 g/mol. The van der Waals surface area contributed by atoms with Crippen LogP contribution in [0.15, 0.2) is 47.1 Å². The Balaban J connectivity index is 1.49. The van der Waals surface area contributed by atoms with Gasteiger partial charge >= 0.3 is 12.1 Å². The summed E-state index contributed by atoms with van der Waals surface area (Å²) >= 11 is 0. The third-order valence-corrected chi connectivity index (χ3v) is 5.80. The minimum Gasteiger partial charge on any atom is -0.480 e. The number of hydrogen-bond donors (Lipinski definition) is 3. The molecule has 0 bridgehead atoms. The molecule has 1 amide bonds. The zero-order valence-corrected chi connectivity index (χ0v) is 20.9. The summed E-state index contributed by atoms with van der Waals surface area (Å²) in [4.78, 5) is 40.7. The number of amides is 1. The summed E-state index contributed by atoms with van der Waals surface area (Å²) in [6, 6.07) is 9.34. The van der Waals surface area contributed by atoms with Crippen molar-refractivity contribution >= 4 is 29.9 Å². The molecular weight excluding hydrogens is 478 g/mol. The van der Waals surface area contributed by atoms with Crippen LogP contribution in [0.3, 0.4) is 0 Å². The molecule has 1 aliphatic heterocycles. The third-order valence-electron chi connectivity index (χ3n) is 5.80. The normalized spacial score (nSPS) is 14.1. The first-order valence-corrected chi connectivity index (χ1v) is 12.1. The van der Waals surface area contributed by atoms with Crippen LogP contribution in [0.4, 0.5) is 22.6 Å². The fourth-order valence-electron chi connectivity index (χ4n) is 3.80. The lowest BCUT2D eigenvalue weighted by Crippen LogP contribution is -2.34. The molecule has 1 atom stereocenters. The minimum atomic E-state index is -1.05. The molecule has 2 aromatic heterocycles. The topological polar surface area (TPSA) is 146 Å². The lowest BCUT2D eigenvalue weighted by molar-refractivity contribution is -0.137. The number of aliphatic carboxylic acids is 1. The molecule has 0 aliphatic carbocycles. The number of ether oxygens (including phenoxy) is 1. The molecule has 0 unspecified atom stereocenters. The summed E-state index contributed by atoms with van der Waals surface area (Å²) in [5.41, 5.74) is 0.742. The number of carboxylic acid groups (broad SMARTS) is 1. The van der Waals surface area contributed by atoms with Gasteiger partial charge < -0.3 is 34.7 Å². The molecule has 3 aromatic rings. The molecule has 1 fully saturated rings. The number of nitrogens with one attached hydrogen (secondary N) is 2. The molecule has 4 rings (SSSR count). The summed E-state index contributed by atoms with van der Waals surface area (Å²) in [7, 11) is 3.19. The number of furan rings is 1. The van der Waals surface area contributed by atoms with Crippen molar-refractivity contribution in [2.24, 2.45) is 0 Å². The van der Waals surface area contributed by atoms with Gasteiger partial charge in [0, 0.05) is 33.6 Å². The Morgan fingerprint density at radius 1 is 1.08 bits per heavy atom. The van der Waals surface area contributed by atoms with Crippen LogP contribution < -0.4 is 20.3 Å². The molecule has 3 heterocycles. The lowest BCUT2D eigenvalue weighted by atomic mass is 10.1. The van der Waals surface area contributed by atoms with Crippen LogP contribution >= 0.6 is 0 Å². The third kappa shape index (κ3) is 7.32. The highest BCUT2D eigenvalue weighted by molar-refractivity contribution is 5.77. The van der Waals surface area contributed by atoms with Crippen LogP contribution in [0.25, 0.3) is 0 Å². The number of carboxylic acids is 1. The Morgan fingerprint density at radius 2 is 1.81 bits per heavy atom. The molecule has 0 radical (unpaired) electrons. The van der Waals surface area contributed by atoms with E-state index in [1.807, 2.05) is 6.07 Å². The predicted molar refractivity (Wildman–Crippen MR) is 137 cm³/mol. The van der Waals surface area contributed by atoms with Crippen LogP contribution in [0.5, 0.6) is 5.75 Å². The molecule has 3 N–H and O–H groups in total. The molecule has 37 heavy (non-hydrogen) atoms. The molecule has 0 spiro atoms. The first-order valence-electron chi connectivity index (χ1n) is 12.1. The van der Waals surface area contributed by atoms with E-state index in [1.165, 1.54) is 4.90 Å². The Morgan fingerprint density at radius 3 is 2.46 bits per heavy atom. The quantitative estimate of drug-likeness (QED) is 0.370. The van der Waals surface area contributed by atoms with E-state index >= 15 is 0 Å². The first kappa shape index (κ1) is 25.7. The van der Waals surface area contributed by atoms with Crippen molar-refractivity contribution < 1.29 is 23.8 Å². The maximum atomic E-state index is 12.1. The number of nitrogens with zero attached hydrogens (tertiary/aromatic N) is 5. The van der Waals surface area contributed by atoms with E-state index in [-0.39, 0.29) is 12.4 Å². The monoisotopic (exact) mass is 509 g/mol. The summed E-state index contributed by atoms with van der Waals surface area (Å²) in [6.45, 7) is 2.03. The minimum absolute atomic E-state index is 0.164. The van der Waals surface area contributed by atoms with Gasteiger partial charge in [0.15, 0.2) is 0 Å². The van der Waals surface area contributed by atoms with Crippen molar-refractivity contribution in [1.82, 2.24) is 19.9 Å². The fraction of sp³-hybridized carbons (Fsp3) is 0.400. The molecule has 12 nitrogen and oxygen atoms in total. The summed E-state index contributed by atoms with van der Waals surface area (Å²) in [5.74, 6) is 1.03. The van der Waals surface area contributed by atoms with Crippen molar-refractivity contribution in [2.45, 2.75) is 38.3 Å².